The molecule has 4 heteroatoms. The van der Waals surface area contributed by atoms with Crippen LogP contribution in [-0.4, -0.2) is 13.4 Å². The van der Waals surface area contributed by atoms with Gasteiger partial charge in [-0.25, -0.2) is 13.4 Å². The highest BCUT2D eigenvalue weighted by molar-refractivity contribution is 7.91. The Kier molecular flexibility index (Phi) is 3.48. The summed E-state index contributed by atoms with van der Waals surface area (Å²) in [6.45, 7) is 3.93. The molecule has 0 radical (unpaired) electrons. The maximum atomic E-state index is 12.3. The lowest BCUT2D eigenvalue weighted by Crippen LogP contribution is -2.04. The molecule has 94 valence electrons. The van der Waals surface area contributed by atoms with Crippen molar-refractivity contribution in [3.05, 3.63) is 53.7 Å². The number of aryl methyl sites for hydroxylation is 2. The molecule has 0 unspecified atom stereocenters. The van der Waals surface area contributed by atoms with E-state index in [9.17, 15) is 8.42 Å². The fourth-order valence-electron chi connectivity index (χ4n) is 1.62. The first kappa shape index (κ1) is 12.8. The second-order valence-electron chi connectivity index (χ2n) is 4.17. The summed E-state index contributed by atoms with van der Waals surface area (Å²) in [6.07, 6.45) is 2.46. The number of nitrogens with zero attached hydrogens (tertiary/aromatic N) is 1. The molecule has 2 aromatic rings. The molecule has 0 bridgehead atoms. The molecule has 0 N–H and O–H groups in total. The van der Waals surface area contributed by atoms with Crippen LogP contribution in [0.15, 0.2) is 52.5 Å². The Hall–Kier alpha value is -1.68. The van der Waals surface area contributed by atoms with Crippen LogP contribution < -0.4 is 0 Å². The fraction of sp³-hybridized carbons (Fsp3) is 0.214. The zero-order valence-electron chi connectivity index (χ0n) is 10.4. The summed E-state index contributed by atoms with van der Waals surface area (Å²) in [5.41, 5.74) is 2.06. The van der Waals surface area contributed by atoms with Crippen LogP contribution in [0.5, 0.6) is 0 Å². The number of rotatable bonds is 3. The third-order valence-corrected chi connectivity index (χ3v) is 4.50. The van der Waals surface area contributed by atoms with E-state index in [1.165, 1.54) is 0 Å². The Morgan fingerprint density at radius 3 is 2.22 bits per heavy atom. The minimum atomic E-state index is -3.49. The van der Waals surface area contributed by atoms with E-state index in [-0.39, 0.29) is 9.92 Å². The molecular weight excluding hydrogens is 246 g/mol. The predicted molar refractivity (Wildman–Crippen MR) is 70.2 cm³/mol. The second kappa shape index (κ2) is 4.90. The van der Waals surface area contributed by atoms with Crippen LogP contribution in [0.4, 0.5) is 0 Å². The average Bonchev–Trinajstić information content (AvgIpc) is 2.39. The Morgan fingerprint density at radius 2 is 1.72 bits per heavy atom. The first-order valence-corrected chi connectivity index (χ1v) is 7.29. The predicted octanol–water partition coefficient (Wildman–Crippen LogP) is 2.79. The lowest BCUT2D eigenvalue weighted by atomic mass is 10.2. The van der Waals surface area contributed by atoms with Crippen LogP contribution in [-0.2, 0) is 16.3 Å². The lowest BCUT2D eigenvalue weighted by molar-refractivity contribution is 0.592. The van der Waals surface area contributed by atoms with Crippen LogP contribution in [0.3, 0.4) is 0 Å². The van der Waals surface area contributed by atoms with Gasteiger partial charge in [0.2, 0.25) is 9.84 Å². The van der Waals surface area contributed by atoms with Crippen molar-refractivity contribution in [1.29, 1.82) is 0 Å². The Bertz CT molecular complexity index is 628. The summed E-state index contributed by atoms with van der Waals surface area (Å²) in [6, 6.07) is 10.2. The minimum Gasteiger partial charge on any atom is -0.244 e. The van der Waals surface area contributed by atoms with Crippen molar-refractivity contribution >= 4 is 9.84 Å². The number of aromatic nitrogens is 1. The molecule has 2 rings (SSSR count). The van der Waals surface area contributed by atoms with Gasteiger partial charge < -0.3 is 0 Å². The third-order valence-electron chi connectivity index (χ3n) is 2.81. The van der Waals surface area contributed by atoms with Gasteiger partial charge in [0.15, 0.2) is 5.03 Å². The Labute approximate surface area is 107 Å². The molecule has 1 aromatic heterocycles. The van der Waals surface area contributed by atoms with Crippen molar-refractivity contribution in [1.82, 2.24) is 4.98 Å². The van der Waals surface area contributed by atoms with Gasteiger partial charge in [0.1, 0.15) is 0 Å². The molecule has 0 aliphatic carbocycles. The largest absolute Gasteiger partial charge is 0.244 e. The quantitative estimate of drug-likeness (QED) is 0.853. The van der Waals surface area contributed by atoms with E-state index in [0.29, 0.717) is 0 Å². The number of sulfone groups is 1. The van der Waals surface area contributed by atoms with E-state index in [0.717, 1.165) is 17.5 Å². The highest BCUT2D eigenvalue weighted by Gasteiger charge is 2.18. The molecular formula is C14H15NO2S. The van der Waals surface area contributed by atoms with Crippen LogP contribution in [0.1, 0.15) is 18.1 Å². The molecule has 1 heterocycles. The van der Waals surface area contributed by atoms with Gasteiger partial charge in [-0.2, -0.15) is 0 Å². The van der Waals surface area contributed by atoms with Crippen LogP contribution in [0, 0.1) is 6.92 Å². The van der Waals surface area contributed by atoms with Crippen molar-refractivity contribution < 1.29 is 8.42 Å². The molecule has 0 atom stereocenters. The summed E-state index contributed by atoms with van der Waals surface area (Å²) in [5, 5.41) is 0.101. The van der Waals surface area contributed by atoms with Gasteiger partial charge in [-0.3, -0.25) is 0 Å². The highest BCUT2D eigenvalue weighted by Crippen LogP contribution is 2.19. The molecule has 1 aromatic carbocycles. The molecule has 3 nitrogen and oxygen atoms in total. The molecule has 0 aliphatic rings. The van der Waals surface area contributed by atoms with Gasteiger partial charge >= 0.3 is 0 Å². The minimum absolute atomic E-state index is 0.101. The summed E-state index contributed by atoms with van der Waals surface area (Å²) < 4.78 is 24.6. The smallest absolute Gasteiger partial charge is 0.223 e. The molecule has 0 amide bonds. The van der Waals surface area contributed by atoms with E-state index in [4.69, 9.17) is 0 Å². The SMILES string of the molecule is CCc1ccc(S(=O)(=O)c2ccc(C)cc2)nc1. The van der Waals surface area contributed by atoms with Gasteiger partial charge in [-0.1, -0.05) is 30.7 Å². The van der Waals surface area contributed by atoms with Gasteiger partial charge in [0.25, 0.3) is 0 Å². The summed E-state index contributed by atoms with van der Waals surface area (Å²) in [7, 11) is -3.49. The van der Waals surface area contributed by atoms with Crippen molar-refractivity contribution in [2.24, 2.45) is 0 Å². The van der Waals surface area contributed by atoms with Crippen molar-refractivity contribution in [3.63, 3.8) is 0 Å². The second-order valence-corrected chi connectivity index (χ2v) is 6.07. The number of hydrogen-bond acceptors (Lipinski definition) is 3. The van der Waals surface area contributed by atoms with Gasteiger partial charge in [0.05, 0.1) is 4.90 Å². The summed E-state index contributed by atoms with van der Waals surface area (Å²) >= 11 is 0. The lowest BCUT2D eigenvalue weighted by Gasteiger charge is -2.04. The maximum absolute atomic E-state index is 12.3. The van der Waals surface area contributed by atoms with Gasteiger partial charge in [0, 0.05) is 6.20 Å². The highest BCUT2D eigenvalue weighted by atomic mass is 32.2. The van der Waals surface area contributed by atoms with Crippen LogP contribution >= 0.6 is 0 Å². The zero-order valence-corrected chi connectivity index (χ0v) is 11.2. The van der Waals surface area contributed by atoms with E-state index in [2.05, 4.69) is 4.98 Å². The van der Waals surface area contributed by atoms with Gasteiger partial charge in [-0.05, 0) is 37.1 Å². The first-order chi connectivity index (χ1) is 8.54. The van der Waals surface area contributed by atoms with E-state index < -0.39 is 9.84 Å². The summed E-state index contributed by atoms with van der Waals surface area (Å²) in [5.74, 6) is 0. The van der Waals surface area contributed by atoms with Crippen molar-refractivity contribution in [2.45, 2.75) is 30.2 Å². The Morgan fingerprint density at radius 1 is 1.06 bits per heavy atom. The zero-order chi connectivity index (χ0) is 13.2. The number of pyridine rings is 1. The summed E-state index contributed by atoms with van der Waals surface area (Å²) in [4.78, 5) is 4.31. The first-order valence-electron chi connectivity index (χ1n) is 5.80. The maximum Gasteiger partial charge on any atom is 0.223 e. The number of benzene rings is 1. The molecule has 0 aliphatic heterocycles. The van der Waals surface area contributed by atoms with E-state index in [1.807, 2.05) is 13.8 Å². The molecule has 0 saturated carbocycles. The normalized spacial score (nSPS) is 11.4. The van der Waals surface area contributed by atoms with Crippen LogP contribution in [0.2, 0.25) is 0 Å². The molecule has 18 heavy (non-hydrogen) atoms. The van der Waals surface area contributed by atoms with Crippen LogP contribution in [0.25, 0.3) is 0 Å². The van der Waals surface area contributed by atoms with Gasteiger partial charge in [-0.15, -0.1) is 0 Å². The molecule has 0 saturated heterocycles. The average molecular weight is 261 g/mol. The molecule has 0 spiro atoms. The number of hydrogen-bond donors (Lipinski definition) is 0. The standard InChI is InChI=1S/C14H15NO2S/c1-3-12-6-9-14(15-10-12)18(16,17)13-7-4-11(2)5-8-13/h4-10H,3H2,1-2H3. The van der Waals surface area contributed by atoms with Crippen molar-refractivity contribution in [3.8, 4) is 0 Å². The molecule has 0 fully saturated rings. The Balaban J connectivity index is 2.44. The third kappa shape index (κ3) is 2.43. The fourth-order valence-corrected chi connectivity index (χ4v) is 2.79. The van der Waals surface area contributed by atoms with E-state index in [1.54, 1.807) is 42.6 Å². The van der Waals surface area contributed by atoms with E-state index >= 15 is 0 Å². The van der Waals surface area contributed by atoms with Crippen molar-refractivity contribution in [2.75, 3.05) is 0 Å². The monoisotopic (exact) mass is 261 g/mol. The topological polar surface area (TPSA) is 47.0 Å².